The highest BCUT2D eigenvalue weighted by atomic mass is 32.2. The summed E-state index contributed by atoms with van der Waals surface area (Å²) in [5.41, 5.74) is 1.44. The second-order valence-electron chi connectivity index (χ2n) is 8.35. The van der Waals surface area contributed by atoms with Gasteiger partial charge in [0.25, 0.3) is 0 Å². The molecular weight excluding hydrogens is 406 g/mol. The molecule has 1 aromatic carbocycles. The molecule has 164 valence electrons. The molecule has 0 bridgehead atoms. The van der Waals surface area contributed by atoms with Crippen molar-refractivity contribution in [2.24, 2.45) is 5.92 Å². The minimum absolute atomic E-state index is 0.0258. The zero-order valence-corrected chi connectivity index (χ0v) is 18.2. The minimum atomic E-state index is -3.55. The lowest BCUT2D eigenvalue weighted by molar-refractivity contribution is -0.135. The van der Waals surface area contributed by atoms with E-state index in [1.807, 2.05) is 0 Å². The molecular formula is C21H29N3O5S. The summed E-state index contributed by atoms with van der Waals surface area (Å²) in [5.74, 6) is 0.326. The van der Waals surface area contributed by atoms with Crippen LogP contribution in [0.5, 0.6) is 0 Å². The van der Waals surface area contributed by atoms with Gasteiger partial charge in [-0.2, -0.15) is 4.31 Å². The monoisotopic (exact) mass is 435 g/mol. The number of hydrogen-bond acceptors (Lipinski definition) is 5. The maximum absolute atomic E-state index is 13.1. The Morgan fingerprint density at radius 2 is 1.80 bits per heavy atom. The lowest BCUT2D eigenvalue weighted by atomic mass is 10.0. The molecule has 0 radical (unpaired) electrons. The number of carbonyl (C=O) groups is 2. The van der Waals surface area contributed by atoms with Crippen molar-refractivity contribution in [2.75, 3.05) is 50.8 Å². The van der Waals surface area contributed by atoms with Crippen LogP contribution in [0.2, 0.25) is 0 Å². The van der Waals surface area contributed by atoms with Crippen LogP contribution in [0.25, 0.3) is 0 Å². The standard InChI is InChI=1S/C21H29N3O5S/c1-16-6-8-23(9-7-16)30(27,28)18-3-4-19-17(14-18)2-5-20(25)24(19)15-21(26)22-10-12-29-13-11-22/h3-4,14,16H,2,5-13,15H2,1H3. The van der Waals surface area contributed by atoms with Gasteiger partial charge in [-0.1, -0.05) is 6.92 Å². The van der Waals surface area contributed by atoms with E-state index in [1.165, 1.54) is 4.90 Å². The summed E-state index contributed by atoms with van der Waals surface area (Å²) in [6, 6.07) is 4.93. The first kappa shape index (κ1) is 21.3. The predicted molar refractivity (Wildman–Crippen MR) is 112 cm³/mol. The van der Waals surface area contributed by atoms with Crippen LogP contribution in [0, 0.1) is 5.92 Å². The van der Waals surface area contributed by atoms with Gasteiger partial charge in [0, 0.05) is 38.3 Å². The molecule has 8 nitrogen and oxygen atoms in total. The fourth-order valence-electron chi connectivity index (χ4n) is 4.29. The number of carbonyl (C=O) groups excluding carboxylic acids is 2. The predicted octanol–water partition coefficient (Wildman–Crippen LogP) is 1.25. The van der Waals surface area contributed by atoms with Crippen LogP contribution >= 0.6 is 0 Å². The second-order valence-corrected chi connectivity index (χ2v) is 10.3. The van der Waals surface area contributed by atoms with Gasteiger partial charge in [0.1, 0.15) is 6.54 Å². The molecule has 0 N–H and O–H groups in total. The number of benzene rings is 1. The summed E-state index contributed by atoms with van der Waals surface area (Å²) in [6.45, 7) is 5.27. The normalized spacial score (nSPS) is 21.6. The Morgan fingerprint density at radius 1 is 1.10 bits per heavy atom. The number of rotatable bonds is 4. The maximum atomic E-state index is 13.1. The number of hydrogen-bond donors (Lipinski definition) is 0. The molecule has 0 atom stereocenters. The summed E-state index contributed by atoms with van der Waals surface area (Å²) in [5, 5.41) is 0. The number of morpholine rings is 1. The van der Waals surface area contributed by atoms with E-state index in [9.17, 15) is 18.0 Å². The van der Waals surface area contributed by atoms with Crippen LogP contribution in [-0.4, -0.2) is 75.4 Å². The molecule has 0 aromatic heterocycles. The smallest absolute Gasteiger partial charge is 0.243 e. The second kappa shape index (κ2) is 8.64. The number of anilines is 1. The molecule has 2 amide bonds. The average Bonchev–Trinajstić information content (AvgIpc) is 2.76. The van der Waals surface area contributed by atoms with Crippen LogP contribution in [0.15, 0.2) is 23.1 Å². The summed E-state index contributed by atoms with van der Waals surface area (Å²) >= 11 is 0. The number of piperidine rings is 1. The zero-order valence-electron chi connectivity index (χ0n) is 17.4. The first-order valence-electron chi connectivity index (χ1n) is 10.7. The quantitative estimate of drug-likeness (QED) is 0.710. The van der Waals surface area contributed by atoms with Gasteiger partial charge in [0.05, 0.1) is 18.1 Å². The Morgan fingerprint density at radius 3 is 2.50 bits per heavy atom. The topological polar surface area (TPSA) is 87.2 Å². The van der Waals surface area contributed by atoms with E-state index >= 15 is 0 Å². The first-order chi connectivity index (χ1) is 14.4. The zero-order chi connectivity index (χ0) is 21.3. The van der Waals surface area contributed by atoms with Gasteiger partial charge >= 0.3 is 0 Å². The summed E-state index contributed by atoms with van der Waals surface area (Å²) in [6.07, 6.45) is 2.50. The molecule has 2 saturated heterocycles. The largest absolute Gasteiger partial charge is 0.378 e. The molecule has 3 aliphatic rings. The lowest BCUT2D eigenvalue weighted by Gasteiger charge is -2.33. The number of fused-ring (bicyclic) bond motifs is 1. The van der Waals surface area contributed by atoms with Crippen molar-refractivity contribution in [2.45, 2.75) is 37.5 Å². The van der Waals surface area contributed by atoms with Crippen LogP contribution in [0.3, 0.4) is 0 Å². The highest BCUT2D eigenvalue weighted by Gasteiger charge is 2.32. The lowest BCUT2D eigenvalue weighted by Crippen LogP contribution is -2.48. The van der Waals surface area contributed by atoms with Crippen molar-refractivity contribution < 1.29 is 22.7 Å². The number of ether oxygens (including phenoxy) is 1. The molecule has 1 aromatic rings. The van der Waals surface area contributed by atoms with Crippen molar-refractivity contribution in [3.8, 4) is 0 Å². The fraction of sp³-hybridized carbons (Fsp3) is 0.619. The average molecular weight is 436 g/mol. The van der Waals surface area contributed by atoms with Crippen molar-refractivity contribution in [3.63, 3.8) is 0 Å². The molecule has 0 spiro atoms. The Balaban J connectivity index is 1.54. The molecule has 9 heteroatoms. The van der Waals surface area contributed by atoms with E-state index in [4.69, 9.17) is 4.74 Å². The molecule has 30 heavy (non-hydrogen) atoms. The van der Waals surface area contributed by atoms with E-state index in [1.54, 1.807) is 27.4 Å². The number of aryl methyl sites for hydroxylation is 1. The van der Waals surface area contributed by atoms with Crippen LogP contribution in [0.4, 0.5) is 5.69 Å². The highest BCUT2D eigenvalue weighted by Crippen LogP contribution is 2.32. The Bertz CT molecular complexity index is 919. The van der Waals surface area contributed by atoms with Gasteiger partial charge in [-0.15, -0.1) is 0 Å². The summed E-state index contributed by atoms with van der Waals surface area (Å²) < 4.78 is 33.0. The molecule has 3 aliphatic heterocycles. The summed E-state index contributed by atoms with van der Waals surface area (Å²) in [7, 11) is -3.55. The third-order valence-electron chi connectivity index (χ3n) is 6.29. The van der Waals surface area contributed by atoms with E-state index < -0.39 is 10.0 Å². The van der Waals surface area contributed by atoms with Gasteiger partial charge < -0.3 is 14.5 Å². The fourth-order valence-corrected chi connectivity index (χ4v) is 5.81. The van der Waals surface area contributed by atoms with E-state index in [2.05, 4.69) is 6.92 Å². The van der Waals surface area contributed by atoms with Gasteiger partial charge in [-0.05, 0) is 48.9 Å². The molecule has 3 heterocycles. The van der Waals surface area contributed by atoms with Crippen LogP contribution in [-0.2, 0) is 30.8 Å². The van der Waals surface area contributed by atoms with Gasteiger partial charge in [0.2, 0.25) is 21.8 Å². The number of sulfonamides is 1. The third-order valence-corrected chi connectivity index (χ3v) is 8.18. The third kappa shape index (κ3) is 4.24. The molecule has 0 saturated carbocycles. The van der Waals surface area contributed by atoms with Crippen LogP contribution in [0.1, 0.15) is 31.7 Å². The van der Waals surface area contributed by atoms with Gasteiger partial charge in [-0.25, -0.2) is 8.42 Å². The van der Waals surface area contributed by atoms with E-state index in [0.717, 1.165) is 18.4 Å². The molecule has 0 unspecified atom stereocenters. The molecule has 2 fully saturated rings. The van der Waals surface area contributed by atoms with Crippen molar-refractivity contribution in [1.29, 1.82) is 0 Å². The highest BCUT2D eigenvalue weighted by molar-refractivity contribution is 7.89. The van der Waals surface area contributed by atoms with Crippen molar-refractivity contribution >= 4 is 27.5 Å². The van der Waals surface area contributed by atoms with E-state index in [0.29, 0.717) is 57.4 Å². The van der Waals surface area contributed by atoms with Crippen LogP contribution < -0.4 is 4.90 Å². The van der Waals surface area contributed by atoms with Gasteiger partial charge in [0.15, 0.2) is 0 Å². The minimum Gasteiger partial charge on any atom is -0.378 e. The molecule has 0 aliphatic carbocycles. The first-order valence-corrected chi connectivity index (χ1v) is 12.1. The Labute approximate surface area is 177 Å². The number of amides is 2. The van der Waals surface area contributed by atoms with E-state index in [-0.39, 0.29) is 29.7 Å². The SMILES string of the molecule is CC1CCN(S(=O)(=O)c2ccc3c(c2)CCC(=O)N3CC(=O)N2CCOCC2)CC1. The molecule has 4 rings (SSSR count). The number of nitrogens with zero attached hydrogens (tertiary/aromatic N) is 3. The maximum Gasteiger partial charge on any atom is 0.243 e. The Kier molecular flexibility index (Phi) is 6.13. The van der Waals surface area contributed by atoms with Gasteiger partial charge in [-0.3, -0.25) is 9.59 Å². The summed E-state index contributed by atoms with van der Waals surface area (Å²) in [4.78, 5) is 28.7. The Hall–Kier alpha value is -1.97. The van der Waals surface area contributed by atoms with Crippen molar-refractivity contribution in [1.82, 2.24) is 9.21 Å². The van der Waals surface area contributed by atoms with Crippen molar-refractivity contribution in [3.05, 3.63) is 23.8 Å².